The molecule has 2 aromatic heterocycles. The summed E-state index contributed by atoms with van der Waals surface area (Å²) in [5, 5.41) is 5.98. The van der Waals surface area contributed by atoms with Crippen LogP contribution in [0.1, 0.15) is 0 Å². The van der Waals surface area contributed by atoms with Gasteiger partial charge in [-0.3, -0.25) is 4.90 Å². The van der Waals surface area contributed by atoms with Crippen LogP contribution in [-0.2, 0) is 0 Å². The molecule has 0 unspecified atom stereocenters. The van der Waals surface area contributed by atoms with Crippen LogP contribution in [0.25, 0.3) is 65.9 Å². The van der Waals surface area contributed by atoms with Crippen molar-refractivity contribution in [3.05, 3.63) is 170 Å². The third-order valence-electron chi connectivity index (χ3n) is 8.85. The van der Waals surface area contributed by atoms with Gasteiger partial charge in [0, 0.05) is 16.8 Å². The predicted octanol–water partition coefficient (Wildman–Crippen LogP) is 12.1. The molecule has 0 bridgehead atoms. The Morgan fingerprint density at radius 2 is 0.891 bits per heavy atom. The summed E-state index contributed by atoms with van der Waals surface area (Å²) in [5.74, 6) is 0.830. The third-order valence-corrected chi connectivity index (χ3v) is 8.85. The van der Waals surface area contributed by atoms with Gasteiger partial charge in [0.05, 0.1) is 0 Å². The molecule has 9 rings (SSSR count). The lowest BCUT2D eigenvalue weighted by molar-refractivity contribution is 0.668. The molecule has 0 radical (unpaired) electrons. The molecule has 216 valence electrons. The van der Waals surface area contributed by atoms with Crippen LogP contribution in [-0.4, -0.2) is 4.98 Å². The molecule has 0 atom stereocenters. The van der Waals surface area contributed by atoms with Gasteiger partial charge in [-0.2, -0.15) is 0 Å². The Labute approximate surface area is 266 Å². The number of hydrogen-bond acceptors (Lipinski definition) is 3. The van der Waals surface area contributed by atoms with Gasteiger partial charge in [0.25, 0.3) is 0 Å². The van der Waals surface area contributed by atoms with E-state index in [1.165, 1.54) is 43.8 Å². The first-order valence-corrected chi connectivity index (χ1v) is 15.5. The lowest BCUT2D eigenvalue weighted by Gasteiger charge is -2.25. The first-order chi connectivity index (χ1) is 22.8. The standard InChI is InChI=1S/C43H28N2O/c1-3-9-33-27-35(15-13-29(33)7-1)31-17-21-37(22-18-31)45(42-26-25-41-43(44-42)39-11-5-6-12-40(39)46-41)38-23-19-32(20-24-38)36-16-14-30-8-2-4-10-34(30)28-36/h1-28H. The number of aromatic nitrogens is 1. The van der Waals surface area contributed by atoms with Crippen LogP contribution < -0.4 is 4.90 Å². The van der Waals surface area contributed by atoms with E-state index in [1.807, 2.05) is 30.3 Å². The number of rotatable bonds is 5. The molecule has 9 aromatic rings. The molecule has 3 heteroatoms. The van der Waals surface area contributed by atoms with E-state index in [0.29, 0.717) is 0 Å². The largest absolute Gasteiger partial charge is 0.454 e. The fraction of sp³-hybridized carbons (Fsp3) is 0. The van der Waals surface area contributed by atoms with Crippen molar-refractivity contribution in [2.24, 2.45) is 0 Å². The maximum absolute atomic E-state index is 6.11. The number of fused-ring (bicyclic) bond motifs is 5. The van der Waals surface area contributed by atoms with Crippen LogP contribution in [0.3, 0.4) is 0 Å². The molecule has 0 fully saturated rings. The molecule has 0 N–H and O–H groups in total. The summed E-state index contributed by atoms with van der Waals surface area (Å²) in [6.45, 7) is 0. The van der Waals surface area contributed by atoms with Crippen molar-refractivity contribution in [3.63, 3.8) is 0 Å². The number of anilines is 3. The summed E-state index contributed by atoms with van der Waals surface area (Å²) in [7, 11) is 0. The Balaban J connectivity index is 1.14. The van der Waals surface area contributed by atoms with E-state index >= 15 is 0 Å². The highest BCUT2D eigenvalue weighted by Crippen LogP contribution is 2.38. The third kappa shape index (κ3) is 4.58. The van der Waals surface area contributed by atoms with Crippen LogP contribution >= 0.6 is 0 Å². The van der Waals surface area contributed by atoms with Gasteiger partial charge >= 0.3 is 0 Å². The van der Waals surface area contributed by atoms with Crippen LogP contribution in [0.4, 0.5) is 17.2 Å². The summed E-state index contributed by atoms with van der Waals surface area (Å²) in [4.78, 5) is 7.40. The maximum Gasteiger partial charge on any atom is 0.154 e. The number of para-hydroxylation sites is 1. The SMILES string of the molecule is c1ccc2cc(-c3ccc(N(c4ccc(-c5ccc6ccccc6c5)cc4)c4ccc5oc6ccccc6c5n4)cc3)ccc2c1. The monoisotopic (exact) mass is 588 g/mol. The van der Waals surface area contributed by atoms with Crippen molar-refractivity contribution in [3.8, 4) is 22.3 Å². The molecule has 0 saturated carbocycles. The predicted molar refractivity (Wildman–Crippen MR) is 192 cm³/mol. The molecule has 2 heterocycles. The highest BCUT2D eigenvalue weighted by atomic mass is 16.3. The average Bonchev–Trinajstić information content (AvgIpc) is 3.50. The minimum Gasteiger partial charge on any atom is -0.454 e. The minimum absolute atomic E-state index is 0.781. The Bertz CT molecular complexity index is 2410. The molecule has 0 saturated heterocycles. The lowest BCUT2D eigenvalue weighted by atomic mass is 10.0. The average molecular weight is 589 g/mol. The van der Waals surface area contributed by atoms with Crippen molar-refractivity contribution in [2.75, 3.05) is 4.90 Å². The van der Waals surface area contributed by atoms with Crippen molar-refractivity contribution in [1.82, 2.24) is 4.98 Å². The molecule has 0 amide bonds. The smallest absolute Gasteiger partial charge is 0.154 e. The molecule has 3 nitrogen and oxygen atoms in total. The number of pyridine rings is 1. The zero-order chi connectivity index (χ0) is 30.5. The first-order valence-electron chi connectivity index (χ1n) is 15.5. The van der Waals surface area contributed by atoms with Gasteiger partial charge in [-0.05, 0) is 104 Å². The summed E-state index contributed by atoms with van der Waals surface area (Å²) in [6.07, 6.45) is 0. The Kier molecular flexibility index (Phi) is 6.14. The van der Waals surface area contributed by atoms with E-state index in [4.69, 9.17) is 9.40 Å². The lowest BCUT2D eigenvalue weighted by Crippen LogP contribution is -2.11. The molecule has 0 spiro atoms. The highest BCUT2D eigenvalue weighted by Gasteiger charge is 2.17. The van der Waals surface area contributed by atoms with E-state index in [-0.39, 0.29) is 0 Å². The molecule has 0 aliphatic heterocycles. The summed E-state index contributed by atoms with van der Waals surface area (Å²) in [6, 6.07) is 59.9. The van der Waals surface area contributed by atoms with Gasteiger partial charge in [0.15, 0.2) is 5.58 Å². The van der Waals surface area contributed by atoms with Crippen LogP contribution in [0.5, 0.6) is 0 Å². The van der Waals surface area contributed by atoms with E-state index in [9.17, 15) is 0 Å². The number of nitrogens with zero attached hydrogens (tertiary/aromatic N) is 2. The van der Waals surface area contributed by atoms with Crippen LogP contribution in [0.2, 0.25) is 0 Å². The van der Waals surface area contributed by atoms with Gasteiger partial charge < -0.3 is 4.42 Å². The highest BCUT2D eigenvalue weighted by molar-refractivity contribution is 6.03. The zero-order valence-corrected chi connectivity index (χ0v) is 25.0. The molecule has 46 heavy (non-hydrogen) atoms. The molecular weight excluding hydrogens is 560 g/mol. The Morgan fingerprint density at radius 3 is 1.48 bits per heavy atom. The van der Waals surface area contributed by atoms with Crippen molar-refractivity contribution in [1.29, 1.82) is 0 Å². The van der Waals surface area contributed by atoms with Crippen molar-refractivity contribution in [2.45, 2.75) is 0 Å². The topological polar surface area (TPSA) is 29.3 Å². The van der Waals surface area contributed by atoms with Gasteiger partial charge in [0.1, 0.15) is 16.9 Å². The second kappa shape index (κ2) is 10.8. The van der Waals surface area contributed by atoms with E-state index in [1.54, 1.807) is 0 Å². The summed E-state index contributed by atoms with van der Waals surface area (Å²) < 4.78 is 6.11. The normalized spacial score (nSPS) is 11.5. The number of furan rings is 1. The fourth-order valence-electron chi connectivity index (χ4n) is 6.46. The van der Waals surface area contributed by atoms with E-state index in [0.717, 1.165) is 39.3 Å². The molecular formula is C43H28N2O. The van der Waals surface area contributed by atoms with E-state index in [2.05, 4.69) is 144 Å². The van der Waals surface area contributed by atoms with Crippen molar-refractivity contribution < 1.29 is 4.42 Å². The second-order valence-corrected chi connectivity index (χ2v) is 11.7. The minimum atomic E-state index is 0.781. The van der Waals surface area contributed by atoms with Crippen LogP contribution in [0.15, 0.2) is 174 Å². The summed E-state index contributed by atoms with van der Waals surface area (Å²) >= 11 is 0. The zero-order valence-electron chi connectivity index (χ0n) is 25.0. The first kappa shape index (κ1) is 26.2. The van der Waals surface area contributed by atoms with Crippen LogP contribution in [0, 0.1) is 0 Å². The van der Waals surface area contributed by atoms with Gasteiger partial charge in [0.2, 0.25) is 0 Å². The Morgan fingerprint density at radius 1 is 0.391 bits per heavy atom. The van der Waals surface area contributed by atoms with E-state index < -0.39 is 0 Å². The second-order valence-electron chi connectivity index (χ2n) is 11.7. The van der Waals surface area contributed by atoms with Gasteiger partial charge in [-0.25, -0.2) is 4.98 Å². The number of hydrogen-bond donors (Lipinski definition) is 0. The quantitative estimate of drug-likeness (QED) is 0.200. The van der Waals surface area contributed by atoms with Gasteiger partial charge in [-0.1, -0.05) is 109 Å². The Hall–Kier alpha value is -6.19. The summed E-state index contributed by atoms with van der Waals surface area (Å²) in [5.41, 5.74) is 9.28. The maximum atomic E-state index is 6.11. The fourth-order valence-corrected chi connectivity index (χ4v) is 6.46. The molecule has 0 aliphatic rings. The molecule has 0 aliphatic carbocycles. The molecule has 7 aromatic carbocycles. The number of benzene rings is 7. The van der Waals surface area contributed by atoms with Gasteiger partial charge in [-0.15, -0.1) is 0 Å². The van der Waals surface area contributed by atoms with Crippen molar-refractivity contribution >= 4 is 60.8 Å².